The summed E-state index contributed by atoms with van der Waals surface area (Å²) in [4.78, 5) is 22.7. The molecule has 1 aromatic carbocycles. The Hall–Kier alpha value is -1.88. The average Bonchev–Trinajstić information content (AvgIpc) is 2.29. The lowest BCUT2D eigenvalue weighted by atomic mass is 10.1. The smallest absolute Gasteiger partial charge is 0.250 e. The van der Waals surface area contributed by atoms with Crippen molar-refractivity contribution in [3.05, 3.63) is 29.8 Å². The van der Waals surface area contributed by atoms with Crippen molar-refractivity contribution in [3.8, 4) is 0 Å². The van der Waals surface area contributed by atoms with Crippen LogP contribution in [0.3, 0.4) is 0 Å². The Bertz CT molecular complexity index is 404. The maximum absolute atomic E-state index is 11.6. The first-order valence-electron chi connectivity index (χ1n) is 5.48. The second-order valence-electron chi connectivity index (χ2n) is 3.67. The van der Waals surface area contributed by atoms with Crippen LogP contribution in [0.2, 0.25) is 0 Å². The summed E-state index contributed by atoms with van der Waals surface area (Å²) in [5.74, 6) is -0.662. The Balaban J connectivity index is 2.61. The molecule has 4 N–H and O–H groups in total. The molecule has 0 fully saturated rings. The number of carbonyl (C=O) groups excluding carboxylic acids is 2. The molecule has 1 aromatic rings. The number of nitrogens with two attached hydrogens (primary N) is 1. The van der Waals surface area contributed by atoms with Gasteiger partial charge in [0.1, 0.15) is 0 Å². The molecule has 5 nitrogen and oxygen atoms in total. The summed E-state index contributed by atoms with van der Waals surface area (Å²) in [6.07, 6.45) is 1.16. The van der Waals surface area contributed by atoms with Crippen molar-refractivity contribution in [1.82, 2.24) is 5.32 Å². The highest BCUT2D eigenvalue weighted by Crippen LogP contribution is 2.14. The SMILES string of the molecule is CNCCCC(=O)Nc1ccccc1C(N)=O. The Kier molecular flexibility index (Phi) is 5.16. The normalized spacial score (nSPS) is 9.94. The highest BCUT2D eigenvalue weighted by Gasteiger charge is 2.09. The zero-order chi connectivity index (χ0) is 12.7. The van der Waals surface area contributed by atoms with Crippen LogP contribution in [0.15, 0.2) is 24.3 Å². The first kappa shape index (κ1) is 13.2. The zero-order valence-corrected chi connectivity index (χ0v) is 9.82. The predicted octanol–water partition coefficient (Wildman–Crippen LogP) is 0.724. The van der Waals surface area contributed by atoms with Gasteiger partial charge in [-0.25, -0.2) is 0 Å². The second kappa shape index (κ2) is 6.65. The van der Waals surface area contributed by atoms with E-state index in [0.717, 1.165) is 13.0 Å². The molecule has 0 aromatic heterocycles. The van der Waals surface area contributed by atoms with Gasteiger partial charge in [-0.2, -0.15) is 0 Å². The largest absolute Gasteiger partial charge is 0.366 e. The number of amides is 2. The van der Waals surface area contributed by atoms with Crippen molar-refractivity contribution < 1.29 is 9.59 Å². The van der Waals surface area contributed by atoms with Gasteiger partial charge in [0.25, 0.3) is 5.91 Å². The number of nitrogens with one attached hydrogen (secondary N) is 2. The van der Waals surface area contributed by atoms with E-state index in [0.29, 0.717) is 17.7 Å². The highest BCUT2D eigenvalue weighted by atomic mass is 16.2. The van der Waals surface area contributed by atoms with Crippen LogP contribution in [-0.4, -0.2) is 25.4 Å². The van der Waals surface area contributed by atoms with Crippen LogP contribution >= 0.6 is 0 Å². The number of carbonyl (C=O) groups is 2. The summed E-state index contributed by atoms with van der Waals surface area (Å²) in [7, 11) is 1.83. The van der Waals surface area contributed by atoms with Crippen LogP contribution in [0.25, 0.3) is 0 Å². The van der Waals surface area contributed by atoms with Crippen LogP contribution < -0.4 is 16.4 Å². The molecule has 92 valence electrons. The topological polar surface area (TPSA) is 84.2 Å². The Morgan fingerprint density at radius 1 is 1.29 bits per heavy atom. The molecule has 0 aliphatic carbocycles. The third-order valence-electron chi connectivity index (χ3n) is 2.30. The lowest BCUT2D eigenvalue weighted by Crippen LogP contribution is -2.19. The Labute approximate surface area is 100 Å². The highest BCUT2D eigenvalue weighted by molar-refractivity contribution is 6.02. The zero-order valence-electron chi connectivity index (χ0n) is 9.82. The van der Waals surface area contributed by atoms with Gasteiger partial charge in [0.15, 0.2) is 0 Å². The van der Waals surface area contributed by atoms with E-state index in [-0.39, 0.29) is 5.91 Å². The van der Waals surface area contributed by atoms with E-state index in [9.17, 15) is 9.59 Å². The molecule has 0 saturated carbocycles. The number of primary amides is 1. The molecular formula is C12H17N3O2. The maximum atomic E-state index is 11.6. The van der Waals surface area contributed by atoms with Crippen molar-refractivity contribution in [2.24, 2.45) is 5.73 Å². The molecular weight excluding hydrogens is 218 g/mol. The van der Waals surface area contributed by atoms with Gasteiger partial charge in [0.2, 0.25) is 5.91 Å². The summed E-state index contributed by atoms with van der Waals surface area (Å²) < 4.78 is 0. The lowest BCUT2D eigenvalue weighted by Gasteiger charge is -2.08. The minimum atomic E-state index is -0.545. The lowest BCUT2D eigenvalue weighted by molar-refractivity contribution is -0.116. The first-order chi connectivity index (χ1) is 8.15. The summed E-state index contributed by atoms with van der Waals surface area (Å²) >= 11 is 0. The molecule has 0 heterocycles. The average molecular weight is 235 g/mol. The van der Waals surface area contributed by atoms with Crippen LogP contribution in [0.5, 0.6) is 0 Å². The monoisotopic (exact) mass is 235 g/mol. The standard InChI is InChI=1S/C12H17N3O2/c1-14-8-4-7-11(16)15-10-6-3-2-5-9(10)12(13)17/h2-3,5-6,14H,4,7-8H2,1H3,(H2,13,17)(H,15,16). The van der Waals surface area contributed by atoms with Crippen LogP contribution in [0.4, 0.5) is 5.69 Å². The van der Waals surface area contributed by atoms with Crippen molar-refractivity contribution in [2.45, 2.75) is 12.8 Å². The van der Waals surface area contributed by atoms with Gasteiger partial charge in [0.05, 0.1) is 11.3 Å². The molecule has 0 aliphatic heterocycles. The Morgan fingerprint density at radius 3 is 2.65 bits per heavy atom. The maximum Gasteiger partial charge on any atom is 0.250 e. The van der Waals surface area contributed by atoms with E-state index in [1.54, 1.807) is 24.3 Å². The van der Waals surface area contributed by atoms with Gasteiger partial charge in [0, 0.05) is 6.42 Å². The molecule has 2 amide bonds. The minimum absolute atomic E-state index is 0.117. The molecule has 0 bridgehead atoms. The number of para-hydroxylation sites is 1. The Morgan fingerprint density at radius 2 is 2.00 bits per heavy atom. The quantitative estimate of drug-likeness (QED) is 0.635. The summed E-state index contributed by atoms with van der Waals surface area (Å²) in [6.45, 7) is 0.783. The van der Waals surface area contributed by atoms with E-state index < -0.39 is 5.91 Å². The van der Waals surface area contributed by atoms with Gasteiger partial charge in [-0.3, -0.25) is 9.59 Å². The van der Waals surface area contributed by atoms with E-state index in [2.05, 4.69) is 10.6 Å². The summed E-state index contributed by atoms with van der Waals surface area (Å²) in [6, 6.07) is 6.70. The first-order valence-corrected chi connectivity index (χ1v) is 5.48. The summed E-state index contributed by atoms with van der Waals surface area (Å²) in [5.41, 5.74) is 6.01. The molecule has 1 rings (SSSR count). The molecule has 17 heavy (non-hydrogen) atoms. The number of rotatable bonds is 6. The fourth-order valence-electron chi connectivity index (χ4n) is 1.45. The van der Waals surface area contributed by atoms with Gasteiger partial charge in [-0.1, -0.05) is 12.1 Å². The van der Waals surface area contributed by atoms with E-state index in [1.807, 2.05) is 7.05 Å². The second-order valence-corrected chi connectivity index (χ2v) is 3.67. The van der Waals surface area contributed by atoms with Crippen molar-refractivity contribution in [3.63, 3.8) is 0 Å². The molecule has 5 heteroatoms. The predicted molar refractivity (Wildman–Crippen MR) is 66.8 cm³/mol. The molecule has 0 aliphatic rings. The van der Waals surface area contributed by atoms with Gasteiger partial charge < -0.3 is 16.4 Å². The summed E-state index contributed by atoms with van der Waals surface area (Å²) in [5, 5.41) is 5.65. The molecule has 0 radical (unpaired) electrons. The number of benzene rings is 1. The molecule has 0 unspecified atom stereocenters. The van der Waals surface area contributed by atoms with Crippen LogP contribution in [-0.2, 0) is 4.79 Å². The van der Waals surface area contributed by atoms with Crippen molar-refractivity contribution in [2.75, 3.05) is 18.9 Å². The van der Waals surface area contributed by atoms with Crippen LogP contribution in [0, 0.1) is 0 Å². The third-order valence-corrected chi connectivity index (χ3v) is 2.30. The van der Waals surface area contributed by atoms with Crippen molar-refractivity contribution >= 4 is 17.5 Å². The van der Waals surface area contributed by atoms with Gasteiger partial charge in [-0.15, -0.1) is 0 Å². The van der Waals surface area contributed by atoms with Gasteiger partial charge in [-0.05, 0) is 32.1 Å². The van der Waals surface area contributed by atoms with Crippen molar-refractivity contribution in [1.29, 1.82) is 0 Å². The van der Waals surface area contributed by atoms with Crippen LogP contribution in [0.1, 0.15) is 23.2 Å². The van der Waals surface area contributed by atoms with Gasteiger partial charge >= 0.3 is 0 Å². The molecule has 0 atom stereocenters. The minimum Gasteiger partial charge on any atom is -0.366 e. The fourth-order valence-corrected chi connectivity index (χ4v) is 1.45. The van der Waals surface area contributed by atoms with E-state index in [4.69, 9.17) is 5.73 Å². The van der Waals surface area contributed by atoms with E-state index in [1.165, 1.54) is 0 Å². The number of hydrogen-bond donors (Lipinski definition) is 3. The molecule has 0 spiro atoms. The third kappa shape index (κ3) is 4.24. The molecule has 0 saturated heterocycles. The van der Waals surface area contributed by atoms with E-state index >= 15 is 0 Å². The number of anilines is 1. The fraction of sp³-hybridized carbons (Fsp3) is 0.333. The number of hydrogen-bond acceptors (Lipinski definition) is 3.